The van der Waals surface area contributed by atoms with E-state index in [0.717, 1.165) is 17.1 Å². The number of anilines is 1. The fraction of sp³-hybridized carbons (Fsp3) is 0.600. The van der Waals surface area contributed by atoms with Crippen LogP contribution in [0.1, 0.15) is 20.3 Å². The molecule has 1 aromatic heterocycles. The Morgan fingerprint density at radius 3 is 3.00 bits per heavy atom. The van der Waals surface area contributed by atoms with Crippen molar-refractivity contribution in [3.63, 3.8) is 0 Å². The number of nitrogen functional groups attached to an aromatic ring is 1. The van der Waals surface area contributed by atoms with Gasteiger partial charge >= 0.3 is 5.97 Å². The van der Waals surface area contributed by atoms with Gasteiger partial charge in [0.15, 0.2) is 0 Å². The largest absolute Gasteiger partial charge is 0.465 e. The summed E-state index contributed by atoms with van der Waals surface area (Å²) in [5.74, 6) is 1.21. The van der Waals surface area contributed by atoms with E-state index in [1.807, 2.05) is 0 Å². The monoisotopic (exact) mass is 243 g/mol. The number of esters is 1. The summed E-state index contributed by atoms with van der Waals surface area (Å²) in [4.78, 5) is 12.2. The Morgan fingerprint density at radius 2 is 2.38 bits per heavy atom. The van der Waals surface area contributed by atoms with Crippen molar-refractivity contribution in [1.29, 1.82) is 0 Å². The van der Waals surface area contributed by atoms with Crippen LogP contribution in [0, 0.1) is 0 Å². The van der Waals surface area contributed by atoms with Crippen molar-refractivity contribution in [2.45, 2.75) is 31.7 Å². The van der Waals surface area contributed by atoms with E-state index in [-0.39, 0.29) is 12.5 Å². The topological polar surface area (TPSA) is 70.1 Å². The van der Waals surface area contributed by atoms with Gasteiger partial charge in [0.1, 0.15) is 12.4 Å². The van der Waals surface area contributed by atoms with Gasteiger partial charge < -0.3 is 10.5 Å². The summed E-state index contributed by atoms with van der Waals surface area (Å²) in [6.45, 7) is 4.32. The van der Waals surface area contributed by atoms with Gasteiger partial charge in [0, 0.05) is 0 Å². The molecule has 0 aliphatic heterocycles. The van der Waals surface area contributed by atoms with Crippen LogP contribution in [0.15, 0.2) is 11.1 Å². The maximum Gasteiger partial charge on any atom is 0.327 e. The Bertz CT molecular complexity index is 352. The molecule has 2 N–H and O–H groups in total. The lowest BCUT2D eigenvalue weighted by molar-refractivity contribution is -0.144. The molecule has 0 radical (unpaired) electrons. The van der Waals surface area contributed by atoms with Crippen molar-refractivity contribution in [3.05, 3.63) is 6.20 Å². The number of nitrogens with zero attached hydrogens (tertiary/aromatic N) is 2. The smallest absolute Gasteiger partial charge is 0.327 e. The Balaban J connectivity index is 2.61. The van der Waals surface area contributed by atoms with E-state index in [4.69, 9.17) is 10.5 Å². The fourth-order valence-electron chi connectivity index (χ4n) is 1.16. The second kappa shape index (κ2) is 6.42. The van der Waals surface area contributed by atoms with Gasteiger partial charge in [0.05, 0.1) is 17.7 Å². The van der Waals surface area contributed by atoms with Gasteiger partial charge in [-0.3, -0.25) is 4.79 Å². The number of nitrogens with two attached hydrogens (primary N) is 1. The van der Waals surface area contributed by atoms with Crippen LogP contribution < -0.4 is 5.73 Å². The van der Waals surface area contributed by atoms with Gasteiger partial charge in [0.25, 0.3) is 0 Å². The van der Waals surface area contributed by atoms with Crippen LogP contribution in [0.3, 0.4) is 0 Å². The van der Waals surface area contributed by atoms with E-state index in [1.54, 1.807) is 24.9 Å². The summed E-state index contributed by atoms with van der Waals surface area (Å²) in [6.07, 6.45) is 2.77. The molecule has 0 aliphatic carbocycles. The normalized spacial score (nSPS) is 10.4. The zero-order valence-electron chi connectivity index (χ0n) is 9.60. The summed E-state index contributed by atoms with van der Waals surface area (Å²) in [5.41, 5.74) is 5.86. The molecule has 6 heteroatoms. The Morgan fingerprint density at radius 1 is 1.62 bits per heavy atom. The molecule has 16 heavy (non-hydrogen) atoms. The first-order valence-electron chi connectivity index (χ1n) is 5.28. The molecule has 0 amide bonds. The highest BCUT2D eigenvalue weighted by Gasteiger charge is 2.11. The van der Waals surface area contributed by atoms with Gasteiger partial charge in [-0.15, -0.1) is 11.8 Å². The molecule has 90 valence electrons. The molecule has 1 rings (SSSR count). The Hall–Kier alpha value is -1.17. The highest BCUT2D eigenvalue weighted by molar-refractivity contribution is 7.99. The molecule has 0 saturated carbocycles. The number of aromatic nitrogens is 2. The number of hydrogen-bond acceptors (Lipinski definition) is 5. The van der Waals surface area contributed by atoms with Crippen LogP contribution in [-0.4, -0.2) is 28.1 Å². The summed E-state index contributed by atoms with van der Waals surface area (Å²) in [5, 5.41) is 4.06. The number of carbonyl (C=O) groups excluding carboxylic acids is 1. The third kappa shape index (κ3) is 3.44. The number of thioether (sulfide) groups is 1. The van der Waals surface area contributed by atoms with E-state index >= 15 is 0 Å². The first-order chi connectivity index (χ1) is 7.69. The molecule has 1 heterocycles. The van der Waals surface area contributed by atoms with E-state index in [1.165, 1.54) is 4.68 Å². The molecule has 0 unspecified atom stereocenters. The van der Waals surface area contributed by atoms with Crippen molar-refractivity contribution in [2.75, 3.05) is 18.1 Å². The second-order valence-corrected chi connectivity index (χ2v) is 4.34. The first-order valence-corrected chi connectivity index (χ1v) is 6.27. The average Bonchev–Trinajstić information content (AvgIpc) is 2.58. The molecule has 5 nitrogen and oxygen atoms in total. The third-order valence-electron chi connectivity index (χ3n) is 1.89. The molecule has 0 aromatic carbocycles. The Kier molecular flexibility index (Phi) is 5.18. The van der Waals surface area contributed by atoms with Crippen molar-refractivity contribution in [3.8, 4) is 0 Å². The number of ether oxygens (including phenoxy) is 1. The molecular formula is C10H17N3O2S. The van der Waals surface area contributed by atoms with Crippen molar-refractivity contribution < 1.29 is 9.53 Å². The standard InChI is InChI=1S/C10H17N3O2S/c1-3-5-16-8-6-12-13(10(8)11)7-9(14)15-4-2/h6H,3-5,7,11H2,1-2H3. The molecule has 0 bridgehead atoms. The fourth-order valence-corrected chi connectivity index (χ4v) is 1.95. The number of hydrogen-bond donors (Lipinski definition) is 1. The van der Waals surface area contributed by atoms with E-state index in [2.05, 4.69) is 12.0 Å². The van der Waals surface area contributed by atoms with Crippen LogP contribution in [-0.2, 0) is 16.1 Å². The van der Waals surface area contributed by atoms with Gasteiger partial charge in [-0.05, 0) is 19.1 Å². The zero-order chi connectivity index (χ0) is 12.0. The van der Waals surface area contributed by atoms with Gasteiger partial charge in [0.2, 0.25) is 0 Å². The summed E-state index contributed by atoms with van der Waals surface area (Å²) in [6, 6.07) is 0. The second-order valence-electron chi connectivity index (χ2n) is 3.21. The quantitative estimate of drug-likeness (QED) is 0.606. The molecule has 0 saturated heterocycles. The SMILES string of the molecule is CCCSc1cnn(CC(=O)OCC)c1N. The minimum Gasteiger partial charge on any atom is -0.465 e. The summed E-state index contributed by atoms with van der Waals surface area (Å²) < 4.78 is 6.30. The molecule has 0 spiro atoms. The van der Waals surface area contributed by atoms with Crippen LogP contribution in [0.4, 0.5) is 5.82 Å². The van der Waals surface area contributed by atoms with Gasteiger partial charge in [-0.2, -0.15) is 5.10 Å². The predicted molar refractivity (Wildman–Crippen MR) is 64.3 cm³/mol. The Labute approximate surface area is 99.3 Å². The van der Waals surface area contributed by atoms with Crippen LogP contribution in [0.5, 0.6) is 0 Å². The number of carbonyl (C=O) groups is 1. The van der Waals surface area contributed by atoms with Crippen LogP contribution in [0.2, 0.25) is 0 Å². The molecular weight excluding hydrogens is 226 g/mol. The lowest BCUT2D eigenvalue weighted by atomic mass is 10.6. The molecule has 0 fully saturated rings. The highest BCUT2D eigenvalue weighted by atomic mass is 32.2. The van der Waals surface area contributed by atoms with Gasteiger partial charge in [-0.1, -0.05) is 6.92 Å². The van der Waals surface area contributed by atoms with Crippen molar-refractivity contribution in [2.24, 2.45) is 0 Å². The minimum atomic E-state index is -0.315. The average molecular weight is 243 g/mol. The van der Waals surface area contributed by atoms with E-state index in [0.29, 0.717) is 12.4 Å². The van der Waals surface area contributed by atoms with Crippen molar-refractivity contribution in [1.82, 2.24) is 9.78 Å². The zero-order valence-corrected chi connectivity index (χ0v) is 10.4. The summed E-state index contributed by atoms with van der Waals surface area (Å²) >= 11 is 1.65. The maximum atomic E-state index is 11.2. The lowest BCUT2D eigenvalue weighted by Crippen LogP contribution is -2.16. The van der Waals surface area contributed by atoms with Crippen LogP contribution >= 0.6 is 11.8 Å². The molecule has 0 aliphatic rings. The van der Waals surface area contributed by atoms with Crippen LogP contribution in [0.25, 0.3) is 0 Å². The molecule has 0 atom stereocenters. The third-order valence-corrected chi connectivity index (χ3v) is 3.13. The van der Waals surface area contributed by atoms with E-state index < -0.39 is 0 Å². The first kappa shape index (κ1) is 12.9. The number of rotatable bonds is 6. The van der Waals surface area contributed by atoms with Crippen molar-refractivity contribution >= 4 is 23.5 Å². The minimum absolute atomic E-state index is 0.0758. The lowest BCUT2D eigenvalue weighted by Gasteiger charge is -2.04. The molecule has 1 aromatic rings. The van der Waals surface area contributed by atoms with E-state index in [9.17, 15) is 4.79 Å². The summed E-state index contributed by atoms with van der Waals surface area (Å²) in [7, 11) is 0. The van der Waals surface area contributed by atoms with Gasteiger partial charge in [-0.25, -0.2) is 4.68 Å². The predicted octanol–water partition coefficient (Wildman–Crippen LogP) is 1.53. The maximum absolute atomic E-state index is 11.2. The highest BCUT2D eigenvalue weighted by Crippen LogP contribution is 2.24.